The Kier molecular flexibility index (Phi) is 9.48. The lowest BCUT2D eigenvalue weighted by atomic mass is 10.1. The predicted octanol–water partition coefficient (Wildman–Crippen LogP) is 2.28. The van der Waals surface area contributed by atoms with Gasteiger partial charge in [0.15, 0.2) is 0 Å². The summed E-state index contributed by atoms with van der Waals surface area (Å²) in [7, 11) is 0. The Hall–Kier alpha value is -2.78. The van der Waals surface area contributed by atoms with Crippen LogP contribution in [0.25, 0.3) is 0 Å². The van der Waals surface area contributed by atoms with Crippen molar-refractivity contribution >= 4 is 24.1 Å². The van der Waals surface area contributed by atoms with Crippen LogP contribution in [0.3, 0.4) is 0 Å². The van der Waals surface area contributed by atoms with Crippen LogP contribution in [0.4, 0.5) is 9.59 Å². The summed E-state index contributed by atoms with van der Waals surface area (Å²) in [6.45, 7) is 9.87. The molecular formula is C18H30N2O8. The van der Waals surface area contributed by atoms with Gasteiger partial charge in [-0.25, -0.2) is 19.2 Å². The Labute approximate surface area is 164 Å². The van der Waals surface area contributed by atoms with E-state index in [0.717, 1.165) is 0 Å². The van der Waals surface area contributed by atoms with E-state index < -0.39 is 47.4 Å². The van der Waals surface area contributed by atoms with Crippen LogP contribution in [0.15, 0.2) is 12.2 Å². The molecule has 2 atom stereocenters. The molecule has 0 heterocycles. The van der Waals surface area contributed by atoms with Gasteiger partial charge < -0.3 is 30.3 Å². The molecule has 0 saturated heterocycles. The number of nitrogens with one attached hydrogen (secondary N) is 2. The molecule has 4 N–H and O–H groups in total. The van der Waals surface area contributed by atoms with Gasteiger partial charge in [0.05, 0.1) is 0 Å². The van der Waals surface area contributed by atoms with Gasteiger partial charge in [0, 0.05) is 0 Å². The molecule has 0 radical (unpaired) electrons. The highest BCUT2D eigenvalue weighted by atomic mass is 16.6. The molecular weight excluding hydrogens is 372 g/mol. The van der Waals surface area contributed by atoms with E-state index in [4.69, 9.17) is 9.47 Å². The molecule has 0 saturated carbocycles. The lowest BCUT2D eigenvalue weighted by Crippen LogP contribution is -2.43. The summed E-state index contributed by atoms with van der Waals surface area (Å²) in [5.41, 5.74) is -1.55. The Morgan fingerprint density at radius 3 is 1.25 bits per heavy atom. The fourth-order valence-electron chi connectivity index (χ4n) is 1.81. The van der Waals surface area contributed by atoms with E-state index in [-0.39, 0.29) is 12.8 Å². The molecule has 0 fully saturated rings. The van der Waals surface area contributed by atoms with Gasteiger partial charge in [0.2, 0.25) is 0 Å². The van der Waals surface area contributed by atoms with E-state index in [1.807, 2.05) is 0 Å². The van der Waals surface area contributed by atoms with E-state index in [9.17, 15) is 29.4 Å². The first-order chi connectivity index (χ1) is 12.6. The molecule has 0 unspecified atom stereocenters. The van der Waals surface area contributed by atoms with E-state index in [1.54, 1.807) is 41.5 Å². The summed E-state index contributed by atoms with van der Waals surface area (Å²) in [6.07, 6.45) is 0.888. The highest BCUT2D eigenvalue weighted by molar-refractivity contribution is 5.81. The molecule has 28 heavy (non-hydrogen) atoms. The standard InChI is InChI=1S/C18H30N2O8/c1-17(2,3)27-15(25)19-11(13(21)22)9-7-8-10-12(14(23)24)20-16(26)28-18(4,5)6/h7-8,11-12H,9-10H2,1-6H3,(H,19,25)(H,20,26)(H,21,22)(H,23,24)/b8-7-/t11-,12-/m0/s1. The summed E-state index contributed by atoms with van der Waals surface area (Å²) in [5.74, 6) is -2.53. The zero-order valence-corrected chi connectivity index (χ0v) is 17.1. The second kappa shape index (κ2) is 10.5. The quantitative estimate of drug-likeness (QED) is 0.451. The van der Waals surface area contributed by atoms with Gasteiger partial charge in [0.25, 0.3) is 0 Å². The Morgan fingerprint density at radius 2 is 1.04 bits per heavy atom. The Morgan fingerprint density at radius 1 is 0.750 bits per heavy atom. The maximum Gasteiger partial charge on any atom is 0.408 e. The van der Waals surface area contributed by atoms with Gasteiger partial charge >= 0.3 is 24.1 Å². The minimum Gasteiger partial charge on any atom is -0.480 e. The molecule has 0 aromatic heterocycles. The van der Waals surface area contributed by atoms with Crippen LogP contribution in [0.1, 0.15) is 54.4 Å². The van der Waals surface area contributed by atoms with Crippen molar-refractivity contribution in [2.24, 2.45) is 0 Å². The average molecular weight is 402 g/mol. The molecule has 10 nitrogen and oxygen atoms in total. The zero-order chi connectivity index (χ0) is 22.1. The normalized spacial score (nSPS) is 14.1. The first-order valence-corrected chi connectivity index (χ1v) is 8.70. The first-order valence-electron chi connectivity index (χ1n) is 8.70. The number of carboxylic acids is 2. The maximum atomic E-state index is 11.7. The van der Waals surface area contributed by atoms with Crippen molar-refractivity contribution in [1.29, 1.82) is 0 Å². The number of carbonyl (C=O) groups is 4. The minimum absolute atomic E-state index is 0.0899. The largest absolute Gasteiger partial charge is 0.480 e. The van der Waals surface area contributed by atoms with Gasteiger partial charge in [-0.2, -0.15) is 0 Å². The van der Waals surface area contributed by atoms with Crippen molar-refractivity contribution in [3.8, 4) is 0 Å². The van der Waals surface area contributed by atoms with Crippen molar-refractivity contribution in [2.45, 2.75) is 77.7 Å². The third kappa shape index (κ3) is 12.6. The highest BCUT2D eigenvalue weighted by Gasteiger charge is 2.24. The number of carbonyl (C=O) groups excluding carboxylic acids is 2. The molecule has 0 rings (SSSR count). The van der Waals surface area contributed by atoms with Crippen LogP contribution in [-0.4, -0.2) is 57.6 Å². The number of carboxylic acid groups (broad SMARTS) is 2. The van der Waals surface area contributed by atoms with Crippen molar-refractivity contribution < 1.29 is 38.9 Å². The van der Waals surface area contributed by atoms with Crippen molar-refractivity contribution in [3.63, 3.8) is 0 Å². The second-order valence-corrected chi connectivity index (χ2v) is 8.02. The molecule has 160 valence electrons. The fourth-order valence-corrected chi connectivity index (χ4v) is 1.81. The molecule has 0 aliphatic heterocycles. The van der Waals surface area contributed by atoms with Crippen LogP contribution < -0.4 is 10.6 Å². The van der Waals surface area contributed by atoms with E-state index >= 15 is 0 Å². The van der Waals surface area contributed by atoms with Crippen LogP contribution in [0.2, 0.25) is 0 Å². The number of rotatable bonds is 8. The molecule has 0 spiro atoms. The lowest BCUT2D eigenvalue weighted by Gasteiger charge is -2.22. The number of amides is 2. The minimum atomic E-state index is -1.27. The van der Waals surface area contributed by atoms with Gasteiger partial charge in [-0.15, -0.1) is 0 Å². The summed E-state index contributed by atoms with van der Waals surface area (Å²) >= 11 is 0. The Bertz CT molecular complexity index is 550. The van der Waals surface area contributed by atoms with Crippen LogP contribution >= 0.6 is 0 Å². The molecule has 0 aromatic carbocycles. The smallest absolute Gasteiger partial charge is 0.408 e. The average Bonchev–Trinajstić information content (AvgIpc) is 2.44. The zero-order valence-electron chi connectivity index (χ0n) is 17.1. The van der Waals surface area contributed by atoms with E-state index in [1.165, 1.54) is 12.2 Å². The molecule has 0 bridgehead atoms. The van der Waals surface area contributed by atoms with Crippen molar-refractivity contribution in [3.05, 3.63) is 12.2 Å². The number of ether oxygens (including phenoxy) is 2. The maximum absolute atomic E-state index is 11.7. The second-order valence-electron chi connectivity index (χ2n) is 8.02. The van der Waals surface area contributed by atoms with Crippen molar-refractivity contribution in [1.82, 2.24) is 10.6 Å². The highest BCUT2D eigenvalue weighted by Crippen LogP contribution is 2.09. The van der Waals surface area contributed by atoms with Gasteiger partial charge in [0.1, 0.15) is 23.3 Å². The van der Waals surface area contributed by atoms with Gasteiger partial charge in [-0.1, -0.05) is 12.2 Å². The third-order valence-electron chi connectivity index (χ3n) is 2.89. The molecule has 0 aliphatic rings. The number of aliphatic carboxylic acids is 2. The van der Waals surface area contributed by atoms with Gasteiger partial charge in [-0.3, -0.25) is 0 Å². The van der Waals surface area contributed by atoms with E-state index in [0.29, 0.717) is 0 Å². The first kappa shape index (κ1) is 25.2. The summed E-state index contributed by atoms with van der Waals surface area (Å²) in [6, 6.07) is -2.48. The predicted molar refractivity (Wildman–Crippen MR) is 100.0 cm³/mol. The van der Waals surface area contributed by atoms with Crippen LogP contribution in [0.5, 0.6) is 0 Å². The summed E-state index contributed by atoms with van der Waals surface area (Å²) < 4.78 is 10.0. The van der Waals surface area contributed by atoms with Crippen molar-refractivity contribution in [2.75, 3.05) is 0 Å². The summed E-state index contributed by atoms with van der Waals surface area (Å²) in [5, 5.41) is 22.8. The number of alkyl carbamates (subject to hydrolysis) is 2. The molecule has 10 heteroatoms. The number of hydrogen-bond donors (Lipinski definition) is 4. The summed E-state index contributed by atoms with van der Waals surface area (Å²) in [4.78, 5) is 45.8. The Balaban J connectivity index is 4.72. The topological polar surface area (TPSA) is 151 Å². The fraction of sp³-hybridized carbons (Fsp3) is 0.667. The molecule has 2 amide bonds. The number of hydrogen-bond acceptors (Lipinski definition) is 6. The van der Waals surface area contributed by atoms with Crippen LogP contribution in [-0.2, 0) is 19.1 Å². The monoisotopic (exact) mass is 402 g/mol. The van der Waals surface area contributed by atoms with Gasteiger partial charge in [-0.05, 0) is 54.4 Å². The van der Waals surface area contributed by atoms with E-state index in [2.05, 4.69) is 10.6 Å². The lowest BCUT2D eigenvalue weighted by molar-refractivity contribution is -0.140. The molecule has 0 aromatic rings. The SMILES string of the molecule is CC(C)(C)OC(=O)N[C@@H](C/C=C\C[C@H](NC(=O)OC(C)(C)C)C(=O)O)C(=O)O. The molecule has 0 aliphatic carbocycles. The third-order valence-corrected chi connectivity index (χ3v) is 2.89. The van der Waals surface area contributed by atoms with Crippen LogP contribution in [0, 0.1) is 0 Å².